The highest BCUT2D eigenvalue weighted by Gasteiger charge is 2.22. The van der Waals surface area contributed by atoms with Gasteiger partial charge in [-0.2, -0.15) is 0 Å². The van der Waals surface area contributed by atoms with E-state index in [1.165, 1.54) is 16.9 Å². The average Bonchev–Trinajstić information content (AvgIpc) is 2.78. The standard InChI is InChI=1S/C15H16N2OS/c1-10-6-5-7-11-12(16)14(19-13(10)11)15(18)17-8-3-2-4-9-17/h2-3,5-7H,4,8-9,16H2,1H3. The summed E-state index contributed by atoms with van der Waals surface area (Å²) in [5, 5.41) is 1.00. The van der Waals surface area contributed by atoms with Gasteiger partial charge in [-0.3, -0.25) is 4.79 Å². The van der Waals surface area contributed by atoms with Gasteiger partial charge in [-0.25, -0.2) is 0 Å². The molecule has 1 aromatic carbocycles. The van der Waals surface area contributed by atoms with Crippen LogP contribution in [-0.4, -0.2) is 23.9 Å². The summed E-state index contributed by atoms with van der Waals surface area (Å²) in [6.45, 7) is 3.52. The van der Waals surface area contributed by atoms with Crippen LogP contribution in [0.5, 0.6) is 0 Å². The molecule has 0 atom stereocenters. The van der Waals surface area contributed by atoms with Gasteiger partial charge in [0.05, 0.1) is 5.69 Å². The third-order valence-electron chi connectivity index (χ3n) is 3.49. The number of hydrogen-bond acceptors (Lipinski definition) is 3. The summed E-state index contributed by atoms with van der Waals surface area (Å²) in [4.78, 5) is 15.1. The number of anilines is 1. The number of carbonyl (C=O) groups excluding carboxylic acids is 1. The third kappa shape index (κ3) is 2.02. The first-order valence-electron chi connectivity index (χ1n) is 6.40. The first-order valence-corrected chi connectivity index (χ1v) is 7.22. The number of amides is 1. The molecule has 0 unspecified atom stereocenters. The Kier molecular flexibility index (Phi) is 3.03. The minimum Gasteiger partial charge on any atom is -0.397 e. The van der Waals surface area contributed by atoms with E-state index in [4.69, 9.17) is 5.73 Å². The Morgan fingerprint density at radius 3 is 2.89 bits per heavy atom. The second kappa shape index (κ2) is 4.70. The zero-order valence-corrected chi connectivity index (χ0v) is 11.7. The van der Waals surface area contributed by atoms with Gasteiger partial charge in [0, 0.05) is 23.2 Å². The molecule has 0 saturated heterocycles. The van der Waals surface area contributed by atoms with Crippen LogP contribution in [0.15, 0.2) is 30.4 Å². The highest BCUT2D eigenvalue weighted by atomic mass is 32.1. The molecule has 3 nitrogen and oxygen atoms in total. The summed E-state index contributed by atoms with van der Waals surface area (Å²) < 4.78 is 1.12. The Morgan fingerprint density at radius 1 is 1.37 bits per heavy atom. The van der Waals surface area contributed by atoms with E-state index in [9.17, 15) is 4.79 Å². The van der Waals surface area contributed by atoms with Gasteiger partial charge in [0.25, 0.3) is 5.91 Å². The average molecular weight is 272 g/mol. The van der Waals surface area contributed by atoms with Gasteiger partial charge < -0.3 is 10.6 Å². The van der Waals surface area contributed by atoms with Gasteiger partial charge in [-0.1, -0.05) is 30.4 Å². The van der Waals surface area contributed by atoms with Gasteiger partial charge in [0.2, 0.25) is 0 Å². The first-order chi connectivity index (χ1) is 9.18. The van der Waals surface area contributed by atoms with Crippen molar-refractivity contribution in [1.82, 2.24) is 4.90 Å². The minimum absolute atomic E-state index is 0.0578. The first kappa shape index (κ1) is 12.2. The van der Waals surface area contributed by atoms with Crippen molar-refractivity contribution in [2.45, 2.75) is 13.3 Å². The van der Waals surface area contributed by atoms with Crippen LogP contribution >= 0.6 is 11.3 Å². The molecule has 3 rings (SSSR count). The monoisotopic (exact) mass is 272 g/mol. The molecule has 1 aliphatic heterocycles. The van der Waals surface area contributed by atoms with Crippen molar-refractivity contribution < 1.29 is 4.79 Å². The van der Waals surface area contributed by atoms with Crippen LogP contribution in [0.25, 0.3) is 10.1 Å². The number of nitrogens with zero attached hydrogens (tertiary/aromatic N) is 1. The molecule has 0 spiro atoms. The molecule has 4 heteroatoms. The SMILES string of the molecule is Cc1cccc2c(N)c(C(=O)N3CC=CCC3)sc12. The molecular formula is C15H16N2OS. The zero-order chi connectivity index (χ0) is 13.4. The maximum absolute atomic E-state index is 12.5. The second-order valence-corrected chi connectivity index (χ2v) is 5.83. The van der Waals surface area contributed by atoms with Crippen LogP contribution in [0.1, 0.15) is 21.7 Å². The lowest BCUT2D eigenvalue weighted by molar-refractivity contribution is 0.0777. The molecule has 0 aliphatic carbocycles. The van der Waals surface area contributed by atoms with Crippen LogP contribution in [0.3, 0.4) is 0 Å². The van der Waals surface area contributed by atoms with Crippen LogP contribution in [0.4, 0.5) is 5.69 Å². The van der Waals surface area contributed by atoms with Crippen molar-refractivity contribution in [3.05, 3.63) is 40.8 Å². The Labute approximate surface area is 116 Å². The van der Waals surface area contributed by atoms with Crippen LogP contribution < -0.4 is 5.73 Å². The number of benzene rings is 1. The Bertz CT molecular complexity index is 672. The molecule has 2 N–H and O–H groups in total. The fourth-order valence-corrected chi connectivity index (χ4v) is 3.57. The highest BCUT2D eigenvalue weighted by molar-refractivity contribution is 7.21. The van der Waals surface area contributed by atoms with E-state index in [2.05, 4.69) is 19.1 Å². The number of nitrogen functional groups attached to an aromatic ring is 1. The predicted molar refractivity (Wildman–Crippen MR) is 80.6 cm³/mol. The number of rotatable bonds is 1. The number of carbonyl (C=O) groups is 1. The van der Waals surface area contributed by atoms with E-state index in [1.54, 1.807) is 0 Å². The molecule has 1 amide bonds. The number of hydrogen-bond donors (Lipinski definition) is 1. The van der Waals surface area contributed by atoms with E-state index in [0.717, 1.165) is 23.1 Å². The maximum Gasteiger partial charge on any atom is 0.266 e. The van der Waals surface area contributed by atoms with Crippen molar-refractivity contribution in [2.75, 3.05) is 18.8 Å². The van der Waals surface area contributed by atoms with E-state index in [-0.39, 0.29) is 5.91 Å². The number of thiophene rings is 1. The maximum atomic E-state index is 12.5. The van der Waals surface area contributed by atoms with E-state index < -0.39 is 0 Å². The minimum atomic E-state index is 0.0578. The Morgan fingerprint density at radius 2 is 2.21 bits per heavy atom. The zero-order valence-electron chi connectivity index (χ0n) is 10.8. The van der Waals surface area contributed by atoms with E-state index in [0.29, 0.717) is 17.1 Å². The summed E-state index contributed by atoms with van der Waals surface area (Å²) in [6, 6.07) is 6.02. The normalized spacial score (nSPS) is 15.1. The smallest absolute Gasteiger partial charge is 0.266 e. The molecule has 0 fully saturated rings. The van der Waals surface area contributed by atoms with Crippen LogP contribution in [-0.2, 0) is 0 Å². The third-order valence-corrected chi connectivity index (χ3v) is 4.84. The summed E-state index contributed by atoms with van der Waals surface area (Å²) >= 11 is 1.51. The van der Waals surface area contributed by atoms with Gasteiger partial charge in [-0.05, 0) is 18.9 Å². The molecule has 0 bridgehead atoms. The largest absolute Gasteiger partial charge is 0.397 e. The molecule has 98 valence electrons. The topological polar surface area (TPSA) is 46.3 Å². The summed E-state index contributed by atoms with van der Waals surface area (Å²) in [5.41, 5.74) is 7.96. The number of nitrogens with two attached hydrogens (primary N) is 1. The van der Waals surface area contributed by atoms with Gasteiger partial charge in [0.1, 0.15) is 4.88 Å². The quantitative estimate of drug-likeness (QED) is 0.810. The van der Waals surface area contributed by atoms with Crippen LogP contribution in [0.2, 0.25) is 0 Å². The Balaban J connectivity index is 2.05. The molecule has 1 aliphatic rings. The lowest BCUT2D eigenvalue weighted by Crippen LogP contribution is -2.33. The molecule has 0 saturated carbocycles. The molecule has 2 heterocycles. The van der Waals surface area contributed by atoms with E-state index >= 15 is 0 Å². The second-order valence-electron chi connectivity index (χ2n) is 4.81. The summed E-state index contributed by atoms with van der Waals surface area (Å²) in [6.07, 6.45) is 5.08. The highest BCUT2D eigenvalue weighted by Crippen LogP contribution is 2.36. The van der Waals surface area contributed by atoms with Crippen molar-refractivity contribution in [1.29, 1.82) is 0 Å². The van der Waals surface area contributed by atoms with Crippen molar-refractivity contribution in [3.63, 3.8) is 0 Å². The van der Waals surface area contributed by atoms with Gasteiger partial charge >= 0.3 is 0 Å². The molecule has 1 aromatic heterocycles. The number of aryl methyl sites for hydroxylation is 1. The number of fused-ring (bicyclic) bond motifs is 1. The summed E-state index contributed by atoms with van der Waals surface area (Å²) in [5.74, 6) is 0.0578. The Hall–Kier alpha value is -1.81. The van der Waals surface area contributed by atoms with Crippen molar-refractivity contribution in [3.8, 4) is 0 Å². The fourth-order valence-electron chi connectivity index (χ4n) is 2.41. The fraction of sp³-hybridized carbons (Fsp3) is 0.267. The van der Waals surface area contributed by atoms with Gasteiger partial charge in [0.15, 0.2) is 0 Å². The molecule has 19 heavy (non-hydrogen) atoms. The lowest BCUT2D eigenvalue weighted by Gasteiger charge is -2.22. The summed E-state index contributed by atoms with van der Waals surface area (Å²) in [7, 11) is 0. The van der Waals surface area contributed by atoms with Gasteiger partial charge in [-0.15, -0.1) is 11.3 Å². The molecular weight excluding hydrogens is 256 g/mol. The molecule has 2 aromatic rings. The van der Waals surface area contributed by atoms with Crippen molar-refractivity contribution >= 4 is 33.0 Å². The van der Waals surface area contributed by atoms with Crippen LogP contribution in [0, 0.1) is 6.92 Å². The predicted octanol–water partition coefficient (Wildman–Crippen LogP) is 3.19. The van der Waals surface area contributed by atoms with Crippen molar-refractivity contribution in [2.24, 2.45) is 0 Å². The lowest BCUT2D eigenvalue weighted by atomic mass is 10.1. The van der Waals surface area contributed by atoms with E-state index in [1.807, 2.05) is 23.1 Å². The molecule has 0 radical (unpaired) electrons.